The molecule has 0 bridgehead atoms. The van der Waals surface area contributed by atoms with Crippen molar-refractivity contribution in [3.8, 4) is 5.75 Å². The van der Waals surface area contributed by atoms with Gasteiger partial charge in [-0.15, -0.1) is 0 Å². The minimum absolute atomic E-state index is 0.119. The lowest BCUT2D eigenvalue weighted by Gasteiger charge is -2.19. The van der Waals surface area contributed by atoms with Crippen molar-refractivity contribution in [1.82, 2.24) is 10.6 Å². The summed E-state index contributed by atoms with van der Waals surface area (Å²) < 4.78 is 41.9. The SMILES string of the molecule is CCNC(=O)c1c(OCC(C)NC(=O)C(F)(F)F)ccc(C(=O)O)c1N. The minimum atomic E-state index is -5.03. The maximum absolute atomic E-state index is 12.2. The summed E-state index contributed by atoms with van der Waals surface area (Å²) in [6.45, 7) is 2.72. The van der Waals surface area contributed by atoms with Crippen LogP contribution >= 0.6 is 0 Å². The third-order valence-corrected chi connectivity index (χ3v) is 3.13. The highest BCUT2D eigenvalue weighted by atomic mass is 19.4. The molecule has 0 aromatic heterocycles. The zero-order valence-corrected chi connectivity index (χ0v) is 13.9. The molecule has 0 radical (unpaired) electrons. The van der Waals surface area contributed by atoms with Crippen LogP contribution in [-0.2, 0) is 4.79 Å². The Labute approximate surface area is 146 Å². The molecule has 26 heavy (non-hydrogen) atoms. The number of hydrogen-bond acceptors (Lipinski definition) is 5. The second kappa shape index (κ2) is 8.41. The van der Waals surface area contributed by atoms with Gasteiger partial charge in [0.25, 0.3) is 5.91 Å². The number of nitrogens with two attached hydrogens (primary N) is 1. The van der Waals surface area contributed by atoms with E-state index < -0.39 is 36.6 Å². The number of aromatic carboxylic acids is 1. The molecule has 5 N–H and O–H groups in total. The van der Waals surface area contributed by atoms with Gasteiger partial charge >= 0.3 is 18.1 Å². The maximum Gasteiger partial charge on any atom is 0.471 e. The highest BCUT2D eigenvalue weighted by molar-refractivity contribution is 6.07. The highest BCUT2D eigenvalue weighted by Gasteiger charge is 2.39. The standard InChI is InChI=1S/C15H18F3N3O5/c1-3-20-12(22)10-9(5-4-8(11(10)19)13(23)24)26-6-7(2)21-14(25)15(16,17)18/h4-5,7H,3,6,19H2,1-2H3,(H,20,22)(H,21,25)(H,23,24). The highest BCUT2D eigenvalue weighted by Crippen LogP contribution is 2.28. The number of nitrogen functional groups attached to an aromatic ring is 1. The van der Waals surface area contributed by atoms with E-state index in [9.17, 15) is 27.6 Å². The minimum Gasteiger partial charge on any atom is -0.491 e. The Hall–Kier alpha value is -2.98. The number of nitrogens with one attached hydrogen (secondary N) is 2. The molecule has 0 saturated heterocycles. The van der Waals surface area contributed by atoms with Crippen molar-refractivity contribution in [3.63, 3.8) is 0 Å². The fourth-order valence-electron chi connectivity index (χ4n) is 1.95. The van der Waals surface area contributed by atoms with Crippen LogP contribution in [0.3, 0.4) is 0 Å². The van der Waals surface area contributed by atoms with E-state index in [1.165, 1.54) is 13.0 Å². The summed E-state index contributed by atoms with van der Waals surface area (Å²) in [5.41, 5.74) is 4.81. The number of carboxylic acid groups (broad SMARTS) is 1. The molecule has 0 aliphatic rings. The zero-order chi connectivity index (χ0) is 20.1. The summed E-state index contributed by atoms with van der Waals surface area (Å²) in [5, 5.41) is 13.2. The van der Waals surface area contributed by atoms with Crippen molar-refractivity contribution >= 4 is 23.5 Å². The monoisotopic (exact) mass is 377 g/mol. The molecule has 0 spiro atoms. The van der Waals surface area contributed by atoms with Crippen LogP contribution in [0.4, 0.5) is 18.9 Å². The number of alkyl halides is 3. The van der Waals surface area contributed by atoms with Gasteiger partial charge in [0.05, 0.1) is 17.3 Å². The van der Waals surface area contributed by atoms with E-state index in [4.69, 9.17) is 15.6 Å². The number of anilines is 1. The largest absolute Gasteiger partial charge is 0.491 e. The van der Waals surface area contributed by atoms with Gasteiger partial charge in [-0.1, -0.05) is 0 Å². The summed E-state index contributed by atoms with van der Waals surface area (Å²) in [6.07, 6.45) is -5.03. The number of carbonyl (C=O) groups is 3. The van der Waals surface area contributed by atoms with Crippen molar-refractivity contribution in [2.45, 2.75) is 26.1 Å². The fraction of sp³-hybridized carbons (Fsp3) is 0.400. The van der Waals surface area contributed by atoms with E-state index in [1.807, 2.05) is 0 Å². The number of carbonyl (C=O) groups excluding carboxylic acids is 2. The number of halogens is 3. The molecule has 1 aromatic carbocycles. The van der Waals surface area contributed by atoms with Gasteiger partial charge in [-0.05, 0) is 26.0 Å². The van der Waals surface area contributed by atoms with Crippen LogP contribution in [0.5, 0.6) is 5.75 Å². The van der Waals surface area contributed by atoms with Crippen LogP contribution in [0.1, 0.15) is 34.6 Å². The Balaban J connectivity index is 3.02. The normalized spacial score (nSPS) is 12.2. The van der Waals surface area contributed by atoms with E-state index in [0.717, 1.165) is 6.07 Å². The third kappa shape index (κ3) is 5.26. The summed E-state index contributed by atoms with van der Waals surface area (Å²) in [7, 11) is 0. The van der Waals surface area contributed by atoms with Crippen LogP contribution in [0.15, 0.2) is 12.1 Å². The molecule has 11 heteroatoms. The zero-order valence-electron chi connectivity index (χ0n) is 13.9. The Bertz CT molecular complexity index is 707. The predicted octanol–water partition coefficient (Wildman–Crippen LogP) is 1.16. The van der Waals surface area contributed by atoms with Gasteiger partial charge in [0.1, 0.15) is 17.9 Å². The number of amides is 2. The number of ether oxygens (including phenoxy) is 1. The van der Waals surface area contributed by atoms with E-state index in [-0.39, 0.29) is 29.1 Å². The predicted molar refractivity (Wildman–Crippen MR) is 85.0 cm³/mol. The van der Waals surface area contributed by atoms with E-state index in [1.54, 1.807) is 12.2 Å². The van der Waals surface area contributed by atoms with Crippen LogP contribution in [0.2, 0.25) is 0 Å². The Morgan fingerprint density at radius 1 is 1.31 bits per heavy atom. The number of hydrogen-bond donors (Lipinski definition) is 4. The number of benzene rings is 1. The summed E-state index contributed by atoms with van der Waals surface area (Å²) in [4.78, 5) is 34.2. The smallest absolute Gasteiger partial charge is 0.471 e. The Morgan fingerprint density at radius 3 is 2.42 bits per heavy atom. The molecule has 1 atom stereocenters. The molecule has 1 aromatic rings. The fourth-order valence-corrected chi connectivity index (χ4v) is 1.95. The van der Waals surface area contributed by atoms with Crippen LogP contribution in [-0.4, -0.2) is 48.3 Å². The van der Waals surface area contributed by atoms with Crippen molar-refractivity contribution in [1.29, 1.82) is 0 Å². The van der Waals surface area contributed by atoms with Crippen molar-refractivity contribution in [2.75, 3.05) is 18.9 Å². The molecule has 0 aliphatic carbocycles. The van der Waals surface area contributed by atoms with Crippen LogP contribution < -0.4 is 21.1 Å². The van der Waals surface area contributed by atoms with Gasteiger partial charge in [-0.2, -0.15) is 13.2 Å². The lowest BCUT2D eigenvalue weighted by Crippen LogP contribution is -2.44. The molecule has 1 unspecified atom stereocenters. The molecule has 2 amide bonds. The van der Waals surface area contributed by atoms with Gasteiger partial charge in [0.15, 0.2) is 0 Å². The van der Waals surface area contributed by atoms with Crippen LogP contribution in [0, 0.1) is 0 Å². The molecule has 0 heterocycles. The number of carboxylic acids is 1. The molecule has 0 saturated carbocycles. The van der Waals surface area contributed by atoms with Gasteiger partial charge in [-0.25, -0.2) is 4.79 Å². The van der Waals surface area contributed by atoms with Gasteiger partial charge in [0, 0.05) is 6.54 Å². The Morgan fingerprint density at radius 2 is 1.92 bits per heavy atom. The quantitative estimate of drug-likeness (QED) is 0.528. The first-order chi connectivity index (χ1) is 12.0. The first-order valence-corrected chi connectivity index (χ1v) is 7.43. The summed E-state index contributed by atoms with van der Waals surface area (Å²) in [5.74, 6) is -4.30. The van der Waals surface area contributed by atoms with Crippen LogP contribution in [0.25, 0.3) is 0 Å². The average molecular weight is 377 g/mol. The van der Waals surface area contributed by atoms with Crippen molar-refractivity contribution < 1.29 is 37.4 Å². The van der Waals surface area contributed by atoms with Crippen molar-refractivity contribution in [3.05, 3.63) is 23.3 Å². The number of rotatable bonds is 7. The van der Waals surface area contributed by atoms with E-state index in [0.29, 0.717) is 0 Å². The van der Waals surface area contributed by atoms with E-state index in [2.05, 4.69) is 5.32 Å². The molecule has 8 nitrogen and oxygen atoms in total. The van der Waals surface area contributed by atoms with E-state index >= 15 is 0 Å². The molecule has 1 rings (SSSR count). The molecular weight excluding hydrogens is 359 g/mol. The second-order valence-electron chi connectivity index (χ2n) is 5.25. The second-order valence-corrected chi connectivity index (χ2v) is 5.25. The lowest BCUT2D eigenvalue weighted by molar-refractivity contribution is -0.174. The Kier molecular flexibility index (Phi) is 6.81. The molecule has 144 valence electrons. The van der Waals surface area contributed by atoms with Crippen molar-refractivity contribution in [2.24, 2.45) is 0 Å². The first-order valence-electron chi connectivity index (χ1n) is 7.43. The summed E-state index contributed by atoms with van der Waals surface area (Å²) in [6, 6.07) is 1.24. The molecule has 0 fully saturated rings. The topological polar surface area (TPSA) is 131 Å². The first kappa shape index (κ1) is 21.1. The van der Waals surface area contributed by atoms with Gasteiger partial charge in [-0.3, -0.25) is 9.59 Å². The average Bonchev–Trinajstić information content (AvgIpc) is 2.51. The molecule has 0 aliphatic heterocycles. The maximum atomic E-state index is 12.2. The van der Waals surface area contributed by atoms with Gasteiger partial charge in [0.2, 0.25) is 0 Å². The summed E-state index contributed by atoms with van der Waals surface area (Å²) >= 11 is 0. The lowest BCUT2D eigenvalue weighted by atomic mass is 10.1. The third-order valence-electron chi connectivity index (χ3n) is 3.13. The van der Waals surface area contributed by atoms with Gasteiger partial charge < -0.3 is 26.2 Å². The molecular formula is C15H18F3N3O5.